The van der Waals surface area contributed by atoms with E-state index in [4.69, 9.17) is 4.74 Å². The first-order chi connectivity index (χ1) is 9.88. The van der Waals surface area contributed by atoms with E-state index in [9.17, 15) is 15.2 Å². The van der Waals surface area contributed by atoms with Crippen LogP contribution >= 0.6 is 11.3 Å². The first-order valence-electron chi connectivity index (χ1n) is 6.62. The predicted octanol–water partition coefficient (Wildman–Crippen LogP) is 4.63. The molecule has 2 rings (SSSR count). The van der Waals surface area contributed by atoms with Crippen molar-refractivity contribution < 1.29 is 14.8 Å². The number of nitrogens with zero attached hydrogens (tertiary/aromatic N) is 1. The first-order valence-corrected chi connectivity index (χ1v) is 7.44. The number of hydrogen-bond acceptors (Lipinski definition) is 5. The normalized spacial score (nSPS) is 12.4. The number of benzene rings is 1. The van der Waals surface area contributed by atoms with E-state index < -0.39 is 11.0 Å². The zero-order chi connectivity index (χ0) is 15.6. The van der Waals surface area contributed by atoms with Crippen molar-refractivity contribution in [2.24, 2.45) is 0 Å². The number of aliphatic hydroxyl groups is 1. The lowest BCUT2D eigenvalue weighted by Crippen LogP contribution is -1.91. The van der Waals surface area contributed by atoms with Gasteiger partial charge in [-0.1, -0.05) is 37.3 Å². The van der Waals surface area contributed by atoms with Gasteiger partial charge in [0.05, 0.1) is 11.0 Å². The van der Waals surface area contributed by atoms with Crippen LogP contribution in [0, 0.1) is 10.1 Å². The van der Waals surface area contributed by atoms with Crippen LogP contribution in [0.25, 0.3) is 0 Å². The number of hydrogen-bond donors (Lipinski definition) is 1. The third kappa shape index (κ3) is 3.59. The molecule has 0 amide bonds. The molecule has 21 heavy (non-hydrogen) atoms. The van der Waals surface area contributed by atoms with Gasteiger partial charge >= 0.3 is 5.69 Å². The minimum Gasteiger partial charge on any atom is -0.440 e. The van der Waals surface area contributed by atoms with E-state index in [-0.39, 0.29) is 10.8 Å². The largest absolute Gasteiger partial charge is 0.440 e. The smallest absolute Gasteiger partial charge is 0.323 e. The third-order valence-corrected chi connectivity index (χ3v) is 4.21. The molecule has 0 aliphatic rings. The van der Waals surface area contributed by atoms with Gasteiger partial charge in [0, 0.05) is 10.9 Å². The van der Waals surface area contributed by atoms with Crippen LogP contribution in [0.1, 0.15) is 43.2 Å². The van der Waals surface area contributed by atoms with Gasteiger partial charge in [-0.25, -0.2) is 0 Å². The molecule has 5 nitrogen and oxygen atoms in total. The Hall–Kier alpha value is -1.92. The van der Waals surface area contributed by atoms with Crippen LogP contribution in [-0.2, 0) is 0 Å². The Kier molecular flexibility index (Phi) is 4.59. The van der Waals surface area contributed by atoms with Crippen LogP contribution in [0.3, 0.4) is 0 Å². The average Bonchev–Trinajstić information content (AvgIpc) is 2.83. The van der Waals surface area contributed by atoms with E-state index in [1.165, 1.54) is 6.07 Å². The van der Waals surface area contributed by atoms with Crippen LogP contribution in [0.4, 0.5) is 5.69 Å². The van der Waals surface area contributed by atoms with Crippen molar-refractivity contribution in [1.82, 2.24) is 0 Å². The molecular weight excluding hydrogens is 290 g/mol. The van der Waals surface area contributed by atoms with Gasteiger partial charge in [-0.15, -0.1) is 0 Å². The second kappa shape index (κ2) is 6.24. The fourth-order valence-electron chi connectivity index (χ4n) is 1.83. The lowest BCUT2D eigenvalue weighted by Gasteiger charge is -2.08. The van der Waals surface area contributed by atoms with Gasteiger partial charge in [0.25, 0.3) is 5.06 Å². The number of nitro groups is 1. The Balaban J connectivity index is 2.34. The Morgan fingerprint density at radius 1 is 1.29 bits per heavy atom. The van der Waals surface area contributed by atoms with Crippen molar-refractivity contribution in [3.63, 3.8) is 0 Å². The van der Waals surface area contributed by atoms with Crippen molar-refractivity contribution in [2.75, 3.05) is 0 Å². The standard InChI is InChI=1S/C15H17NO4S/c1-9(2)11-5-4-6-12(7-11)20-15-13(16(18)19)8-14(21-15)10(3)17/h4-10,17H,1-3H3/t10-/m0/s1. The van der Waals surface area contributed by atoms with Crippen LogP contribution in [-0.4, -0.2) is 10.0 Å². The van der Waals surface area contributed by atoms with Crippen molar-refractivity contribution in [2.45, 2.75) is 32.8 Å². The molecule has 0 saturated heterocycles. The number of ether oxygens (including phenoxy) is 1. The highest BCUT2D eigenvalue weighted by atomic mass is 32.1. The number of aliphatic hydroxyl groups excluding tert-OH is 1. The molecule has 0 fully saturated rings. The average molecular weight is 307 g/mol. The summed E-state index contributed by atoms with van der Waals surface area (Å²) in [6, 6.07) is 8.84. The Labute approximate surface area is 127 Å². The second-order valence-corrected chi connectivity index (χ2v) is 6.13. The van der Waals surface area contributed by atoms with Gasteiger partial charge < -0.3 is 9.84 Å². The maximum Gasteiger partial charge on any atom is 0.323 e. The molecule has 0 saturated carbocycles. The minimum atomic E-state index is -0.756. The summed E-state index contributed by atoms with van der Waals surface area (Å²) in [5.74, 6) is 0.906. The summed E-state index contributed by atoms with van der Waals surface area (Å²) in [5.41, 5.74) is 0.980. The highest BCUT2D eigenvalue weighted by Gasteiger charge is 2.23. The first kappa shape index (κ1) is 15.5. The molecule has 1 N–H and O–H groups in total. The lowest BCUT2D eigenvalue weighted by molar-refractivity contribution is -0.385. The zero-order valence-electron chi connectivity index (χ0n) is 12.1. The molecule has 6 heteroatoms. The van der Waals surface area contributed by atoms with E-state index >= 15 is 0 Å². The van der Waals surface area contributed by atoms with Gasteiger partial charge in [-0.05, 0) is 30.5 Å². The number of thiophene rings is 1. The predicted molar refractivity (Wildman–Crippen MR) is 82.2 cm³/mol. The van der Waals surface area contributed by atoms with Gasteiger partial charge in [-0.2, -0.15) is 0 Å². The van der Waals surface area contributed by atoms with E-state index in [0.717, 1.165) is 16.9 Å². The summed E-state index contributed by atoms with van der Waals surface area (Å²) >= 11 is 1.09. The van der Waals surface area contributed by atoms with Crippen molar-refractivity contribution in [1.29, 1.82) is 0 Å². The summed E-state index contributed by atoms with van der Waals surface area (Å²) in [5, 5.41) is 20.8. The van der Waals surface area contributed by atoms with Gasteiger partial charge in [-0.3, -0.25) is 10.1 Å². The monoisotopic (exact) mass is 307 g/mol. The maximum absolute atomic E-state index is 11.1. The van der Waals surface area contributed by atoms with Crippen LogP contribution < -0.4 is 4.74 Å². The summed E-state index contributed by atoms with van der Waals surface area (Å²) in [6.07, 6.45) is -0.756. The molecule has 1 aromatic carbocycles. The SMILES string of the molecule is CC(C)c1cccc(Oc2sc([C@H](C)O)cc2[N+](=O)[O-])c1. The summed E-state index contributed by atoms with van der Waals surface area (Å²) < 4.78 is 5.66. The van der Waals surface area contributed by atoms with Crippen molar-refractivity contribution in [3.8, 4) is 10.8 Å². The molecule has 1 heterocycles. The number of rotatable bonds is 5. The fraction of sp³-hybridized carbons (Fsp3) is 0.333. The lowest BCUT2D eigenvalue weighted by atomic mass is 10.0. The summed E-state index contributed by atoms with van der Waals surface area (Å²) in [4.78, 5) is 11.1. The molecule has 0 bridgehead atoms. The van der Waals surface area contributed by atoms with Crippen LogP contribution in [0.15, 0.2) is 30.3 Å². The minimum absolute atomic E-state index is 0.120. The van der Waals surface area contributed by atoms with Crippen molar-refractivity contribution >= 4 is 17.0 Å². The Morgan fingerprint density at radius 3 is 2.57 bits per heavy atom. The van der Waals surface area contributed by atoms with E-state index in [1.54, 1.807) is 13.0 Å². The third-order valence-electron chi connectivity index (χ3n) is 3.04. The topological polar surface area (TPSA) is 72.6 Å². The quantitative estimate of drug-likeness (QED) is 0.646. The maximum atomic E-state index is 11.1. The molecule has 0 unspecified atom stereocenters. The van der Waals surface area contributed by atoms with Gasteiger partial charge in [0.1, 0.15) is 5.75 Å². The fourth-order valence-corrected chi connectivity index (χ4v) is 2.76. The summed E-state index contributed by atoms with van der Waals surface area (Å²) in [6.45, 7) is 5.70. The van der Waals surface area contributed by atoms with E-state index in [1.807, 2.05) is 18.2 Å². The van der Waals surface area contributed by atoms with E-state index in [0.29, 0.717) is 16.5 Å². The molecular formula is C15H17NO4S. The highest BCUT2D eigenvalue weighted by Crippen LogP contribution is 2.42. The molecule has 0 radical (unpaired) electrons. The van der Waals surface area contributed by atoms with Gasteiger partial charge in [0.15, 0.2) is 0 Å². The molecule has 0 spiro atoms. The molecule has 112 valence electrons. The molecule has 2 aromatic rings. The molecule has 1 aromatic heterocycles. The highest BCUT2D eigenvalue weighted by molar-refractivity contribution is 7.14. The van der Waals surface area contributed by atoms with Crippen LogP contribution in [0.5, 0.6) is 10.8 Å². The van der Waals surface area contributed by atoms with Crippen LogP contribution in [0.2, 0.25) is 0 Å². The Bertz CT molecular complexity index is 649. The Morgan fingerprint density at radius 2 is 2.00 bits per heavy atom. The molecule has 0 aliphatic carbocycles. The zero-order valence-corrected chi connectivity index (χ0v) is 12.9. The summed E-state index contributed by atoms with van der Waals surface area (Å²) in [7, 11) is 0. The molecule has 0 aliphatic heterocycles. The van der Waals surface area contributed by atoms with Gasteiger partial charge in [0.2, 0.25) is 0 Å². The second-order valence-electron chi connectivity index (χ2n) is 5.08. The molecule has 1 atom stereocenters. The van der Waals surface area contributed by atoms with Crippen molar-refractivity contribution in [3.05, 3.63) is 50.9 Å². The van der Waals surface area contributed by atoms with E-state index in [2.05, 4.69) is 13.8 Å².